The number of hydrogen-bond donors (Lipinski definition) is 2. The van der Waals surface area contributed by atoms with Crippen LogP contribution in [0.5, 0.6) is 5.75 Å². The minimum atomic E-state index is -0.234. The number of amides is 3. The third-order valence-electron chi connectivity index (χ3n) is 3.91. The van der Waals surface area contributed by atoms with Crippen LogP contribution >= 0.6 is 0 Å². The summed E-state index contributed by atoms with van der Waals surface area (Å²) in [6, 6.07) is 5.12. The van der Waals surface area contributed by atoms with E-state index in [0.717, 1.165) is 5.69 Å². The van der Waals surface area contributed by atoms with Gasteiger partial charge in [0.25, 0.3) is 0 Å². The maximum Gasteiger partial charge on any atom is 0.321 e. The molecule has 8 nitrogen and oxygen atoms in total. The first kappa shape index (κ1) is 15.9. The fourth-order valence-electron chi connectivity index (χ4n) is 2.60. The molecule has 0 atom stereocenters. The number of anilines is 2. The number of urea groups is 1. The van der Waals surface area contributed by atoms with Gasteiger partial charge in [-0.15, -0.1) is 0 Å². The van der Waals surface area contributed by atoms with E-state index in [4.69, 9.17) is 4.74 Å². The number of rotatable bonds is 3. The number of nitrogens with zero attached hydrogens (tertiary/aromatic N) is 3. The van der Waals surface area contributed by atoms with Crippen molar-refractivity contribution in [1.82, 2.24) is 15.3 Å². The zero-order valence-electron chi connectivity index (χ0n) is 13.6. The van der Waals surface area contributed by atoms with E-state index in [0.29, 0.717) is 30.3 Å². The van der Waals surface area contributed by atoms with Crippen LogP contribution in [0.2, 0.25) is 0 Å². The Bertz CT molecular complexity index is 744. The van der Waals surface area contributed by atoms with E-state index in [1.165, 1.54) is 4.90 Å². The van der Waals surface area contributed by atoms with Crippen molar-refractivity contribution in [2.75, 3.05) is 37.0 Å². The van der Waals surface area contributed by atoms with Crippen molar-refractivity contribution in [2.45, 2.75) is 6.42 Å². The Morgan fingerprint density at radius 2 is 2.29 bits per heavy atom. The van der Waals surface area contributed by atoms with Crippen LogP contribution < -0.4 is 19.9 Å². The molecule has 0 fully saturated rings. The molecule has 1 aromatic heterocycles. The minimum absolute atomic E-state index is 0.0523. The number of ether oxygens (including phenoxy) is 1. The van der Waals surface area contributed by atoms with Crippen molar-refractivity contribution in [2.24, 2.45) is 0 Å². The largest absolute Gasteiger partial charge is 0.490 e. The molecule has 3 rings (SSSR count). The predicted molar refractivity (Wildman–Crippen MR) is 89.4 cm³/mol. The number of carbonyl (C=O) groups is 2. The summed E-state index contributed by atoms with van der Waals surface area (Å²) in [5.41, 5.74) is 2.10. The van der Waals surface area contributed by atoms with Crippen LogP contribution in [-0.2, 0) is 11.2 Å². The molecule has 126 valence electrons. The average Bonchev–Trinajstić information content (AvgIpc) is 3.12. The lowest BCUT2D eigenvalue weighted by atomic mass is 10.1. The summed E-state index contributed by atoms with van der Waals surface area (Å²) < 4.78 is 5.63. The van der Waals surface area contributed by atoms with Crippen LogP contribution in [0.1, 0.15) is 5.69 Å². The van der Waals surface area contributed by atoms with Gasteiger partial charge in [-0.25, -0.2) is 9.78 Å². The molecule has 2 heterocycles. The summed E-state index contributed by atoms with van der Waals surface area (Å²) in [4.78, 5) is 34.4. The second-order valence-electron chi connectivity index (χ2n) is 5.41. The highest BCUT2D eigenvalue weighted by atomic mass is 16.5. The summed E-state index contributed by atoms with van der Waals surface area (Å²) >= 11 is 0. The lowest BCUT2D eigenvalue weighted by Gasteiger charge is -2.30. The normalized spacial score (nSPS) is 13.0. The summed E-state index contributed by atoms with van der Waals surface area (Å²) in [6.45, 7) is 0.902. The molecule has 3 amide bonds. The maximum absolute atomic E-state index is 12.6. The highest BCUT2D eigenvalue weighted by molar-refractivity contribution is 5.98. The molecule has 1 aromatic carbocycles. The SMILES string of the molecule is CNC(=O)N(C)c1ccc2c(c1)N(C(=O)Cc1cnc[nH]1)CCO2. The number of hydrogen-bond acceptors (Lipinski definition) is 4. The number of aromatic nitrogens is 2. The highest BCUT2D eigenvalue weighted by Crippen LogP contribution is 2.35. The number of benzene rings is 1. The van der Waals surface area contributed by atoms with E-state index in [2.05, 4.69) is 15.3 Å². The number of fused-ring (bicyclic) bond motifs is 1. The molecule has 0 spiro atoms. The van der Waals surface area contributed by atoms with Gasteiger partial charge in [-0.05, 0) is 18.2 Å². The highest BCUT2D eigenvalue weighted by Gasteiger charge is 2.25. The lowest BCUT2D eigenvalue weighted by Crippen LogP contribution is -2.39. The number of nitrogens with one attached hydrogen (secondary N) is 2. The molecule has 1 aliphatic rings. The Morgan fingerprint density at radius 1 is 1.46 bits per heavy atom. The number of imidazole rings is 1. The van der Waals surface area contributed by atoms with Crippen LogP contribution in [-0.4, -0.2) is 49.2 Å². The number of aromatic amines is 1. The van der Waals surface area contributed by atoms with Gasteiger partial charge in [0, 0.05) is 31.7 Å². The van der Waals surface area contributed by atoms with Gasteiger partial charge in [-0.1, -0.05) is 0 Å². The van der Waals surface area contributed by atoms with Crippen molar-refractivity contribution < 1.29 is 14.3 Å². The monoisotopic (exact) mass is 329 g/mol. The van der Waals surface area contributed by atoms with Gasteiger partial charge in [-0.3, -0.25) is 9.69 Å². The second-order valence-corrected chi connectivity index (χ2v) is 5.41. The van der Waals surface area contributed by atoms with E-state index in [-0.39, 0.29) is 18.4 Å². The molecule has 2 aromatic rings. The molecule has 8 heteroatoms. The van der Waals surface area contributed by atoms with Crippen molar-refractivity contribution in [3.8, 4) is 5.75 Å². The molecule has 1 aliphatic heterocycles. The van der Waals surface area contributed by atoms with Crippen LogP contribution in [0, 0.1) is 0 Å². The number of H-pyrrole nitrogens is 1. The second kappa shape index (κ2) is 6.61. The van der Waals surface area contributed by atoms with Gasteiger partial charge < -0.3 is 19.9 Å². The van der Waals surface area contributed by atoms with Crippen LogP contribution in [0.4, 0.5) is 16.2 Å². The quantitative estimate of drug-likeness (QED) is 0.884. The Kier molecular flexibility index (Phi) is 4.37. The molecule has 0 saturated heterocycles. The standard InChI is InChI=1S/C16H19N5O3/c1-17-16(23)20(2)12-3-4-14-13(8-12)21(5-6-24-14)15(22)7-11-9-18-10-19-11/h3-4,8-10H,5-7H2,1-2H3,(H,17,23)(H,18,19). The van der Waals surface area contributed by atoms with Gasteiger partial charge in [0.1, 0.15) is 12.4 Å². The minimum Gasteiger partial charge on any atom is -0.490 e. The molecule has 0 radical (unpaired) electrons. The summed E-state index contributed by atoms with van der Waals surface area (Å²) in [5.74, 6) is 0.580. The zero-order chi connectivity index (χ0) is 17.1. The van der Waals surface area contributed by atoms with Gasteiger partial charge in [0.2, 0.25) is 5.91 Å². The Labute approximate surface area is 139 Å². The topological polar surface area (TPSA) is 90.6 Å². The van der Waals surface area contributed by atoms with Crippen molar-refractivity contribution >= 4 is 23.3 Å². The van der Waals surface area contributed by atoms with E-state index in [9.17, 15) is 9.59 Å². The Balaban J connectivity index is 1.87. The fourth-order valence-corrected chi connectivity index (χ4v) is 2.60. The molecule has 0 aliphatic carbocycles. The van der Waals surface area contributed by atoms with E-state index in [1.807, 2.05) is 0 Å². The summed E-state index contributed by atoms with van der Waals surface area (Å²) in [6.07, 6.45) is 3.41. The third-order valence-corrected chi connectivity index (χ3v) is 3.91. The summed E-state index contributed by atoms with van der Waals surface area (Å²) in [5, 5.41) is 2.57. The number of carbonyl (C=O) groups excluding carboxylic acids is 2. The average molecular weight is 329 g/mol. The van der Waals surface area contributed by atoms with Gasteiger partial charge >= 0.3 is 6.03 Å². The van der Waals surface area contributed by atoms with Gasteiger partial charge in [0.05, 0.1) is 25.0 Å². The fraction of sp³-hybridized carbons (Fsp3) is 0.312. The van der Waals surface area contributed by atoms with Crippen LogP contribution in [0.3, 0.4) is 0 Å². The van der Waals surface area contributed by atoms with E-state index >= 15 is 0 Å². The first-order chi connectivity index (χ1) is 11.6. The molecular formula is C16H19N5O3. The smallest absolute Gasteiger partial charge is 0.321 e. The molecular weight excluding hydrogens is 310 g/mol. The first-order valence-electron chi connectivity index (χ1n) is 7.60. The third kappa shape index (κ3) is 3.03. The van der Waals surface area contributed by atoms with Gasteiger partial charge in [0.15, 0.2) is 0 Å². The van der Waals surface area contributed by atoms with Crippen molar-refractivity contribution in [3.63, 3.8) is 0 Å². The van der Waals surface area contributed by atoms with Crippen molar-refractivity contribution in [1.29, 1.82) is 0 Å². The van der Waals surface area contributed by atoms with Crippen molar-refractivity contribution in [3.05, 3.63) is 36.4 Å². The van der Waals surface area contributed by atoms with Crippen LogP contribution in [0.15, 0.2) is 30.7 Å². The van der Waals surface area contributed by atoms with Gasteiger partial charge in [-0.2, -0.15) is 0 Å². The Morgan fingerprint density at radius 3 is 3.00 bits per heavy atom. The van der Waals surface area contributed by atoms with E-state index < -0.39 is 0 Å². The molecule has 0 bridgehead atoms. The summed E-state index contributed by atoms with van der Waals surface area (Å²) in [7, 11) is 3.24. The van der Waals surface area contributed by atoms with Crippen LogP contribution in [0.25, 0.3) is 0 Å². The molecule has 0 unspecified atom stereocenters. The lowest BCUT2D eigenvalue weighted by molar-refractivity contribution is -0.118. The zero-order valence-corrected chi connectivity index (χ0v) is 13.6. The van der Waals surface area contributed by atoms with E-state index in [1.54, 1.807) is 49.7 Å². The maximum atomic E-state index is 12.6. The molecule has 2 N–H and O–H groups in total. The first-order valence-corrected chi connectivity index (χ1v) is 7.60. The molecule has 24 heavy (non-hydrogen) atoms. The Hall–Kier alpha value is -3.03. The molecule has 0 saturated carbocycles. The predicted octanol–water partition coefficient (Wildman–Crippen LogP) is 1.15.